The number of fused-ring (bicyclic) bond motifs is 2. The van der Waals surface area contributed by atoms with Crippen molar-refractivity contribution in [1.29, 1.82) is 0 Å². The molecule has 2 amide bonds. The lowest BCUT2D eigenvalue weighted by Crippen LogP contribution is -2.45. The molecule has 1 aliphatic rings. The van der Waals surface area contributed by atoms with Crippen molar-refractivity contribution in [2.24, 2.45) is 0 Å². The fourth-order valence-corrected chi connectivity index (χ4v) is 3.81. The molecule has 8 nitrogen and oxygen atoms in total. The molecule has 180 valence electrons. The van der Waals surface area contributed by atoms with E-state index in [0.29, 0.717) is 8.97 Å². The second kappa shape index (κ2) is 9.48. The van der Waals surface area contributed by atoms with Crippen LogP contribution in [0.4, 0.5) is 11.4 Å². The number of carbonyl (C=O) groups is 4. The standard InChI is InChI=1S/C26H32N4O4/c1-7-29(3,4)15-21(31)27-19-13-14-20(28-22(32)16-30(5,6)8-2)24-23(19)25(33)17-11-9-10-12-18(17)26(24)34/h9-14H,7-8,15-16H2,1-6H3/p+2. The van der Waals surface area contributed by atoms with Crippen molar-refractivity contribution in [2.45, 2.75) is 13.8 Å². The van der Waals surface area contributed by atoms with Gasteiger partial charge < -0.3 is 19.6 Å². The molecule has 0 fully saturated rings. The molecular formula is C26H34N4O4+2. The molecule has 0 atom stereocenters. The van der Waals surface area contributed by atoms with Crippen LogP contribution in [0.2, 0.25) is 0 Å². The Kier molecular flexibility index (Phi) is 7.05. The number of likely N-dealkylation sites (N-methyl/N-ethyl adjacent to an activating group) is 2. The van der Waals surface area contributed by atoms with Crippen molar-refractivity contribution >= 4 is 34.8 Å². The number of hydrogen-bond donors (Lipinski definition) is 2. The van der Waals surface area contributed by atoms with Crippen molar-refractivity contribution in [2.75, 3.05) is 65.0 Å². The summed E-state index contributed by atoms with van der Waals surface area (Å²) in [5.74, 6) is -1.23. The Bertz CT molecular complexity index is 1080. The van der Waals surface area contributed by atoms with Gasteiger partial charge in [0.2, 0.25) is 0 Å². The largest absolute Gasteiger partial charge is 0.321 e. The molecule has 0 spiro atoms. The first-order valence-corrected chi connectivity index (χ1v) is 11.5. The molecule has 0 radical (unpaired) electrons. The van der Waals surface area contributed by atoms with Crippen LogP contribution in [0.25, 0.3) is 0 Å². The van der Waals surface area contributed by atoms with Gasteiger partial charge in [0.15, 0.2) is 24.7 Å². The Morgan fingerprint density at radius 1 is 0.676 bits per heavy atom. The third-order valence-corrected chi connectivity index (χ3v) is 6.48. The first-order valence-electron chi connectivity index (χ1n) is 11.5. The maximum Gasteiger partial charge on any atom is 0.279 e. The van der Waals surface area contributed by atoms with Gasteiger partial charge in [-0.25, -0.2) is 0 Å². The summed E-state index contributed by atoms with van der Waals surface area (Å²) in [6, 6.07) is 9.77. The number of amides is 2. The summed E-state index contributed by atoms with van der Waals surface area (Å²) in [5.41, 5.74) is 1.33. The van der Waals surface area contributed by atoms with Crippen LogP contribution in [0.3, 0.4) is 0 Å². The van der Waals surface area contributed by atoms with Gasteiger partial charge >= 0.3 is 0 Å². The van der Waals surface area contributed by atoms with Gasteiger partial charge in [0, 0.05) is 11.1 Å². The van der Waals surface area contributed by atoms with Crippen molar-refractivity contribution in [3.63, 3.8) is 0 Å². The lowest BCUT2D eigenvalue weighted by molar-refractivity contribution is -0.880. The predicted molar refractivity (Wildman–Crippen MR) is 132 cm³/mol. The number of nitrogens with one attached hydrogen (secondary N) is 2. The average Bonchev–Trinajstić information content (AvgIpc) is 2.77. The highest BCUT2D eigenvalue weighted by Crippen LogP contribution is 2.36. The summed E-state index contributed by atoms with van der Waals surface area (Å²) >= 11 is 0. The summed E-state index contributed by atoms with van der Waals surface area (Å²) in [5, 5.41) is 5.65. The third kappa shape index (κ3) is 5.24. The minimum Gasteiger partial charge on any atom is -0.321 e. The first-order chi connectivity index (χ1) is 15.9. The molecule has 0 saturated heterocycles. The van der Waals surface area contributed by atoms with Crippen LogP contribution in [-0.2, 0) is 9.59 Å². The number of benzene rings is 2. The molecule has 0 bridgehead atoms. The highest BCUT2D eigenvalue weighted by atomic mass is 16.2. The summed E-state index contributed by atoms with van der Waals surface area (Å²) < 4.78 is 0.951. The zero-order chi connectivity index (χ0) is 25.3. The maximum atomic E-state index is 13.5. The van der Waals surface area contributed by atoms with E-state index in [4.69, 9.17) is 0 Å². The lowest BCUT2D eigenvalue weighted by atomic mass is 9.82. The smallest absolute Gasteiger partial charge is 0.279 e. The molecule has 0 saturated carbocycles. The average molecular weight is 467 g/mol. The van der Waals surface area contributed by atoms with E-state index in [2.05, 4.69) is 10.6 Å². The second-order valence-corrected chi connectivity index (χ2v) is 10.0. The summed E-state index contributed by atoms with van der Waals surface area (Å²) in [6.45, 7) is 5.93. The molecule has 0 unspecified atom stereocenters. The third-order valence-electron chi connectivity index (χ3n) is 6.48. The number of anilines is 2. The van der Waals surface area contributed by atoms with Gasteiger partial charge in [0.1, 0.15) is 0 Å². The molecule has 2 aromatic carbocycles. The number of carbonyl (C=O) groups excluding carboxylic acids is 4. The van der Waals surface area contributed by atoms with E-state index >= 15 is 0 Å². The topological polar surface area (TPSA) is 92.3 Å². The second-order valence-electron chi connectivity index (χ2n) is 10.0. The van der Waals surface area contributed by atoms with Gasteiger partial charge in [0.05, 0.1) is 63.8 Å². The number of quaternary nitrogens is 2. The van der Waals surface area contributed by atoms with E-state index in [-0.39, 0.29) is 70.1 Å². The molecule has 0 aliphatic heterocycles. The van der Waals surface area contributed by atoms with E-state index in [1.807, 2.05) is 42.0 Å². The van der Waals surface area contributed by atoms with E-state index in [1.54, 1.807) is 36.4 Å². The Labute approximate surface area is 200 Å². The molecule has 0 heterocycles. The summed E-state index contributed by atoms with van der Waals surface area (Å²) in [4.78, 5) is 52.5. The van der Waals surface area contributed by atoms with Gasteiger partial charge in [-0.1, -0.05) is 24.3 Å². The molecular weight excluding hydrogens is 432 g/mol. The fourth-order valence-electron chi connectivity index (χ4n) is 3.81. The monoisotopic (exact) mass is 466 g/mol. The number of hydrogen-bond acceptors (Lipinski definition) is 4. The Morgan fingerprint density at radius 2 is 1.03 bits per heavy atom. The fraction of sp³-hybridized carbons (Fsp3) is 0.385. The Balaban J connectivity index is 2.06. The van der Waals surface area contributed by atoms with Crippen LogP contribution in [-0.4, -0.2) is 86.7 Å². The van der Waals surface area contributed by atoms with Crippen LogP contribution in [0.5, 0.6) is 0 Å². The highest BCUT2D eigenvalue weighted by molar-refractivity contribution is 6.32. The van der Waals surface area contributed by atoms with Gasteiger partial charge in [0.25, 0.3) is 11.8 Å². The van der Waals surface area contributed by atoms with Gasteiger partial charge in [-0.3, -0.25) is 19.2 Å². The number of nitrogens with zero attached hydrogens (tertiary/aromatic N) is 2. The summed E-state index contributed by atoms with van der Waals surface area (Å²) in [6.07, 6.45) is 0. The molecule has 34 heavy (non-hydrogen) atoms. The SMILES string of the molecule is CC[N+](C)(C)CC(=O)Nc1ccc(NC(=O)C[N+](C)(C)CC)c2c1C(=O)c1ccccc1C2=O. The molecule has 0 aromatic heterocycles. The zero-order valence-electron chi connectivity index (χ0n) is 20.8. The Hall–Kier alpha value is -3.36. The van der Waals surface area contributed by atoms with Crippen molar-refractivity contribution < 1.29 is 28.1 Å². The quantitative estimate of drug-likeness (QED) is 0.499. The molecule has 2 aromatic rings. The summed E-state index contributed by atoms with van der Waals surface area (Å²) in [7, 11) is 7.76. The van der Waals surface area contributed by atoms with Gasteiger partial charge in [-0.15, -0.1) is 0 Å². The molecule has 2 N–H and O–H groups in total. The molecule has 8 heteroatoms. The van der Waals surface area contributed by atoms with Crippen LogP contribution >= 0.6 is 0 Å². The van der Waals surface area contributed by atoms with Crippen LogP contribution in [0, 0.1) is 0 Å². The maximum absolute atomic E-state index is 13.5. The minimum absolute atomic E-state index is 0.112. The normalized spacial score (nSPS) is 13.2. The molecule has 1 aliphatic carbocycles. The van der Waals surface area contributed by atoms with Gasteiger partial charge in [-0.2, -0.15) is 0 Å². The lowest BCUT2D eigenvalue weighted by Gasteiger charge is -2.28. The van der Waals surface area contributed by atoms with Crippen molar-refractivity contribution in [3.05, 3.63) is 58.7 Å². The molecule has 3 rings (SSSR count). The van der Waals surface area contributed by atoms with Gasteiger partial charge in [-0.05, 0) is 26.0 Å². The predicted octanol–water partition coefficient (Wildman–Crippen LogP) is 2.53. The van der Waals surface area contributed by atoms with Crippen molar-refractivity contribution in [3.8, 4) is 0 Å². The van der Waals surface area contributed by atoms with Crippen molar-refractivity contribution in [1.82, 2.24) is 0 Å². The highest BCUT2D eigenvalue weighted by Gasteiger charge is 2.35. The Morgan fingerprint density at radius 3 is 1.35 bits per heavy atom. The van der Waals surface area contributed by atoms with E-state index in [0.717, 1.165) is 13.1 Å². The van der Waals surface area contributed by atoms with E-state index in [9.17, 15) is 19.2 Å². The minimum atomic E-state index is -0.356. The zero-order valence-corrected chi connectivity index (χ0v) is 20.8. The number of rotatable bonds is 8. The number of ketones is 2. The van der Waals surface area contributed by atoms with E-state index in [1.165, 1.54) is 0 Å². The first kappa shape index (κ1) is 25.3. The van der Waals surface area contributed by atoms with Crippen LogP contribution in [0.15, 0.2) is 36.4 Å². The van der Waals surface area contributed by atoms with Crippen LogP contribution in [0.1, 0.15) is 45.7 Å². The van der Waals surface area contributed by atoms with E-state index < -0.39 is 0 Å². The van der Waals surface area contributed by atoms with Crippen LogP contribution < -0.4 is 10.6 Å².